The summed E-state index contributed by atoms with van der Waals surface area (Å²) in [7, 11) is -3.52. The highest BCUT2D eigenvalue weighted by Crippen LogP contribution is 2.29. The smallest absolute Gasteiger partial charge is 0.243 e. The molecule has 2 amide bonds. The number of sulfonamides is 1. The minimum atomic E-state index is -3.52. The molecule has 1 saturated carbocycles. The summed E-state index contributed by atoms with van der Waals surface area (Å²) in [5.41, 5.74) is 1.75. The number of aliphatic hydroxyl groups is 2. The molecular formula is C35H57N5O6S. The maximum atomic E-state index is 14.0. The van der Waals surface area contributed by atoms with E-state index >= 15 is 0 Å². The van der Waals surface area contributed by atoms with E-state index in [0.717, 1.165) is 56.9 Å². The van der Waals surface area contributed by atoms with Gasteiger partial charge in [0, 0.05) is 37.2 Å². The molecule has 12 heteroatoms. The van der Waals surface area contributed by atoms with Gasteiger partial charge in [-0.05, 0) is 37.2 Å². The Morgan fingerprint density at radius 2 is 1.72 bits per heavy atom. The van der Waals surface area contributed by atoms with Gasteiger partial charge < -0.3 is 25.8 Å². The molecule has 47 heavy (non-hydrogen) atoms. The van der Waals surface area contributed by atoms with Crippen LogP contribution in [0.3, 0.4) is 0 Å². The molecule has 1 aromatic carbocycles. The van der Waals surface area contributed by atoms with Gasteiger partial charge in [-0.15, -0.1) is 0 Å². The van der Waals surface area contributed by atoms with E-state index in [4.69, 9.17) is 0 Å². The van der Waals surface area contributed by atoms with Gasteiger partial charge in [0.05, 0.1) is 30.3 Å². The number of unbranched alkanes of at least 4 members (excludes halogenated alkanes) is 2. The molecule has 0 saturated heterocycles. The van der Waals surface area contributed by atoms with Crippen molar-refractivity contribution in [1.82, 2.24) is 25.3 Å². The second-order valence-corrected chi connectivity index (χ2v) is 15.1. The number of hydrogen-bond acceptors (Lipinski definition) is 7. The zero-order valence-corrected chi connectivity index (χ0v) is 29.0. The summed E-state index contributed by atoms with van der Waals surface area (Å²) < 4.78 is 26.6. The number of carbonyl (C=O) groups is 2. The molecule has 1 aliphatic carbocycles. The fourth-order valence-electron chi connectivity index (χ4n) is 6.45. The molecule has 0 spiro atoms. The Labute approximate surface area is 281 Å². The summed E-state index contributed by atoms with van der Waals surface area (Å²) in [5.74, 6) is -0.659. The first kappa shape index (κ1) is 38.6. The third kappa shape index (κ3) is 14.5. The molecule has 0 bridgehead atoms. The number of H-pyrrole nitrogens is 1. The van der Waals surface area contributed by atoms with E-state index in [0.29, 0.717) is 37.3 Å². The van der Waals surface area contributed by atoms with E-state index in [-0.39, 0.29) is 37.0 Å². The molecule has 1 heterocycles. The number of benzene rings is 1. The van der Waals surface area contributed by atoms with Crippen LogP contribution >= 0.6 is 0 Å². The Bertz CT molecular complexity index is 1270. The summed E-state index contributed by atoms with van der Waals surface area (Å²) in [6.07, 6.45) is 11.5. The molecule has 0 aliphatic heterocycles. The maximum absolute atomic E-state index is 14.0. The predicted molar refractivity (Wildman–Crippen MR) is 184 cm³/mol. The quantitative estimate of drug-likeness (QED) is 0.103. The van der Waals surface area contributed by atoms with Crippen molar-refractivity contribution >= 4 is 21.8 Å². The van der Waals surface area contributed by atoms with Gasteiger partial charge in [0.25, 0.3) is 0 Å². The number of nitrogens with one attached hydrogen (secondary N) is 4. The van der Waals surface area contributed by atoms with Crippen molar-refractivity contribution in [2.45, 2.75) is 128 Å². The summed E-state index contributed by atoms with van der Waals surface area (Å²) in [4.78, 5) is 34.9. The average molecular weight is 676 g/mol. The number of aromatic amines is 1. The Morgan fingerprint density at radius 3 is 2.38 bits per heavy atom. The van der Waals surface area contributed by atoms with E-state index in [1.807, 2.05) is 30.3 Å². The van der Waals surface area contributed by atoms with E-state index in [9.17, 15) is 28.2 Å². The highest BCUT2D eigenvalue weighted by molar-refractivity contribution is 7.89. The minimum absolute atomic E-state index is 0.0448. The summed E-state index contributed by atoms with van der Waals surface area (Å²) in [5, 5.41) is 28.0. The zero-order valence-electron chi connectivity index (χ0n) is 28.2. The van der Waals surface area contributed by atoms with Crippen LogP contribution in [0.5, 0.6) is 0 Å². The molecule has 0 radical (unpaired) electrons. The fraction of sp³-hybridized carbons (Fsp3) is 0.686. The van der Waals surface area contributed by atoms with Gasteiger partial charge in [-0.1, -0.05) is 95.5 Å². The summed E-state index contributed by atoms with van der Waals surface area (Å²) >= 11 is 0. The number of rotatable bonds is 22. The van der Waals surface area contributed by atoms with Crippen molar-refractivity contribution in [3.63, 3.8) is 0 Å². The minimum Gasteiger partial charge on any atom is -0.392 e. The normalized spacial score (nSPS) is 17.4. The second-order valence-electron chi connectivity index (χ2n) is 13.2. The maximum Gasteiger partial charge on any atom is 0.243 e. The lowest BCUT2D eigenvalue weighted by atomic mass is 9.83. The van der Waals surface area contributed by atoms with Crippen molar-refractivity contribution in [2.75, 3.05) is 12.3 Å². The largest absolute Gasteiger partial charge is 0.392 e. The number of nitrogens with zero attached hydrogens (tertiary/aromatic N) is 1. The first-order chi connectivity index (χ1) is 22.6. The first-order valence-electron chi connectivity index (χ1n) is 17.6. The van der Waals surface area contributed by atoms with E-state index in [2.05, 4.69) is 32.2 Å². The lowest BCUT2D eigenvalue weighted by Crippen LogP contribution is -2.55. The Hall–Kier alpha value is -2.80. The number of aliphatic hydroxyl groups excluding tert-OH is 2. The topological polar surface area (TPSA) is 174 Å². The van der Waals surface area contributed by atoms with Crippen LogP contribution in [0.1, 0.15) is 102 Å². The van der Waals surface area contributed by atoms with Crippen LogP contribution in [0.4, 0.5) is 0 Å². The second kappa shape index (κ2) is 20.5. The van der Waals surface area contributed by atoms with Gasteiger partial charge in [0.1, 0.15) is 6.04 Å². The van der Waals surface area contributed by atoms with Crippen molar-refractivity contribution in [3.05, 3.63) is 54.1 Å². The lowest BCUT2D eigenvalue weighted by molar-refractivity contribution is -0.132. The number of carbonyl (C=O) groups excluding carboxylic acids is 2. The van der Waals surface area contributed by atoms with Crippen LogP contribution in [0.15, 0.2) is 42.9 Å². The zero-order chi connectivity index (χ0) is 34.1. The van der Waals surface area contributed by atoms with Gasteiger partial charge in [-0.2, -0.15) is 0 Å². The highest BCUT2D eigenvalue weighted by Gasteiger charge is 2.32. The van der Waals surface area contributed by atoms with Crippen molar-refractivity contribution in [3.8, 4) is 0 Å². The van der Waals surface area contributed by atoms with Gasteiger partial charge in [0.15, 0.2) is 0 Å². The first-order valence-corrected chi connectivity index (χ1v) is 19.2. The molecule has 1 aromatic heterocycles. The molecule has 264 valence electrons. The molecule has 6 N–H and O–H groups in total. The molecule has 11 nitrogen and oxygen atoms in total. The van der Waals surface area contributed by atoms with Crippen LogP contribution in [0.2, 0.25) is 0 Å². The number of amides is 2. The van der Waals surface area contributed by atoms with Crippen molar-refractivity contribution in [1.29, 1.82) is 0 Å². The number of hydrogen-bond donors (Lipinski definition) is 6. The molecule has 2 aromatic rings. The van der Waals surface area contributed by atoms with Gasteiger partial charge in [-0.25, -0.2) is 18.1 Å². The fourth-order valence-corrected chi connectivity index (χ4v) is 7.58. The van der Waals surface area contributed by atoms with Crippen molar-refractivity contribution in [2.24, 2.45) is 11.8 Å². The SMILES string of the molecule is CCCCCC(Cc1ccccc1)C(=O)N[C@@H](Cc1cnc[nH]1)C(=O)N[C@@H](CC1CCCCC1)[C@@H](O)C[C@H](O)CNS(=O)(=O)CCC. The predicted octanol–water partition coefficient (Wildman–Crippen LogP) is 3.77. The van der Waals surface area contributed by atoms with E-state index in [1.165, 1.54) is 6.33 Å². The third-order valence-corrected chi connectivity index (χ3v) is 10.6. The van der Waals surface area contributed by atoms with Crippen LogP contribution in [-0.4, -0.2) is 77.0 Å². The van der Waals surface area contributed by atoms with Crippen molar-refractivity contribution < 1.29 is 28.2 Å². The molecule has 1 unspecified atom stereocenters. The van der Waals surface area contributed by atoms with Crippen LogP contribution < -0.4 is 15.4 Å². The number of aromatic nitrogens is 2. The Balaban J connectivity index is 1.76. The Morgan fingerprint density at radius 1 is 0.979 bits per heavy atom. The van der Waals surface area contributed by atoms with E-state index in [1.54, 1.807) is 13.1 Å². The van der Waals surface area contributed by atoms with Crippen LogP contribution in [-0.2, 0) is 32.5 Å². The standard InChI is InChI=1S/C35H57N5O6S/c1-3-5-8-17-28(19-26-13-9-6-10-14-26)34(43)40-32(21-29-23-36-25-37-29)35(44)39-31(20-27-15-11-7-12-16-27)33(42)22-30(41)24-38-47(45,46)18-4-2/h6,9-10,13-14,23,25,27-28,30-33,38,41-42H,3-5,7-8,11-12,15-22,24H2,1-2H3,(H,36,37)(H,39,44)(H,40,43)/t28?,30-,31-,32-,33-/m0/s1. The van der Waals surface area contributed by atoms with Crippen LogP contribution in [0.25, 0.3) is 0 Å². The van der Waals surface area contributed by atoms with Gasteiger partial charge in [-0.3, -0.25) is 9.59 Å². The van der Waals surface area contributed by atoms with Crippen LogP contribution in [0, 0.1) is 11.8 Å². The molecule has 1 fully saturated rings. The summed E-state index contributed by atoms with van der Waals surface area (Å²) in [6.45, 7) is 3.66. The number of imidazole rings is 1. The molecule has 5 atom stereocenters. The monoisotopic (exact) mass is 675 g/mol. The highest BCUT2D eigenvalue weighted by atomic mass is 32.2. The Kier molecular flexibility index (Phi) is 16.9. The van der Waals surface area contributed by atoms with E-state index < -0.39 is 40.2 Å². The lowest BCUT2D eigenvalue weighted by Gasteiger charge is -2.32. The summed E-state index contributed by atoms with van der Waals surface area (Å²) in [6, 6.07) is 8.28. The molecule has 1 aliphatic rings. The third-order valence-electron chi connectivity index (χ3n) is 9.09. The average Bonchev–Trinajstić information content (AvgIpc) is 3.57. The molecular weight excluding hydrogens is 618 g/mol. The van der Waals surface area contributed by atoms with Gasteiger partial charge in [0.2, 0.25) is 21.8 Å². The molecule has 3 rings (SSSR count). The van der Waals surface area contributed by atoms with Gasteiger partial charge >= 0.3 is 0 Å².